The summed E-state index contributed by atoms with van der Waals surface area (Å²) in [4.78, 5) is 14.2. The number of aliphatic hydroxyl groups excluding tert-OH is 1. The lowest BCUT2D eigenvalue weighted by Crippen LogP contribution is -2.63. The van der Waals surface area contributed by atoms with Gasteiger partial charge in [0, 0.05) is 17.3 Å². The van der Waals surface area contributed by atoms with Crippen LogP contribution in [0, 0.1) is 40.4 Å². The van der Waals surface area contributed by atoms with Gasteiger partial charge in [-0.2, -0.15) is 0 Å². The van der Waals surface area contributed by atoms with Crippen molar-refractivity contribution in [3.63, 3.8) is 0 Å². The van der Waals surface area contributed by atoms with E-state index in [2.05, 4.69) is 62.5 Å². The van der Waals surface area contributed by atoms with E-state index in [1.807, 2.05) is 13.1 Å². The van der Waals surface area contributed by atoms with E-state index in [1.165, 1.54) is 5.56 Å². The fourth-order valence-corrected chi connectivity index (χ4v) is 11.6. The zero-order chi connectivity index (χ0) is 33.4. The van der Waals surface area contributed by atoms with Crippen molar-refractivity contribution in [2.24, 2.45) is 40.4 Å². The minimum atomic E-state index is -1.45. The van der Waals surface area contributed by atoms with E-state index < -0.39 is 34.4 Å². The summed E-state index contributed by atoms with van der Waals surface area (Å²) in [6.07, 6.45) is 10.7. The van der Waals surface area contributed by atoms with Crippen LogP contribution in [0.3, 0.4) is 0 Å². The van der Waals surface area contributed by atoms with Gasteiger partial charge in [0.25, 0.3) is 0 Å². The summed E-state index contributed by atoms with van der Waals surface area (Å²) in [5.74, 6) is 0.376. The first kappa shape index (κ1) is 33.6. The second-order valence-corrected chi connectivity index (χ2v) is 17.0. The molecule has 2 heterocycles. The van der Waals surface area contributed by atoms with E-state index in [1.54, 1.807) is 13.0 Å². The second-order valence-electron chi connectivity index (χ2n) is 17.0. The highest BCUT2D eigenvalue weighted by Crippen LogP contribution is 2.69. The Bertz CT molecular complexity index is 1410. The molecule has 0 bridgehead atoms. The molecule has 1 aromatic carbocycles. The van der Waals surface area contributed by atoms with Gasteiger partial charge in [-0.1, -0.05) is 63.3 Å². The molecule has 1 spiro atoms. The summed E-state index contributed by atoms with van der Waals surface area (Å²) < 4.78 is 12.8. The van der Waals surface area contributed by atoms with Gasteiger partial charge in [-0.15, -0.1) is 0 Å². The maximum absolute atomic E-state index is 14.2. The molecule has 0 radical (unpaired) electrons. The smallest absolute Gasteiger partial charge is 0.159 e. The van der Waals surface area contributed by atoms with Gasteiger partial charge in [0.15, 0.2) is 5.78 Å². The first-order valence-electron chi connectivity index (χ1n) is 18.3. The van der Waals surface area contributed by atoms with E-state index in [4.69, 9.17) is 9.47 Å². The Morgan fingerprint density at radius 3 is 2.53 bits per heavy atom. The Morgan fingerprint density at radius 2 is 1.83 bits per heavy atom. The highest BCUT2D eigenvalue weighted by molar-refractivity contribution is 5.95. The zero-order valence-electron chi connectivity index (χ0n) is 29.1. The summed E-state index contributed by atoms with van der Waals surface area (Å²) in [5, 5.41) is 40.1. The summed E-state index contributed by atoms with van der Waals surface area (Å²) in [5.41, 5.74) is -1.89. The van der Waals surface area contributed by atoms with E-state index in [9.17, 15) is 20.1 Å². The van der Waals surface area contributed by atoms with Gasteiger partial charge in [0.1, 0.15) is 6.10 Å². The van der Waals surface area contributed by atoms with Crippen molar-refractivity contribution in [1.29, 1.82) is 0 Å². The lowest BCUT2D eigenvalue weighted by atomic mass is 9.45. The van der Waals surface area contributed by atoms with Gasteiger partial charge < -0.3 is 30.1 Å². The van der Waals surface area contributed by atoms with Crippen LogP contribution < -0.4 is 5.32 Å². The number of fused-ring (bicyclic) bond motifs is 5. The molecule has 0 amide bonds. The van der Waals surface area contributed by atoms with E-state index in [0.29, 0.717) is 38.4 Å². The van der Waals surface area contributed by atoms with E-state index in [0.717, 1.165) is 44.2 Å². The number of carbonyl (C=O) groups is 1. The van der Waals surface area contributed by atoms with Crippen LogP contribution in [-0.4, -0.2) is 76.9 Å². The number of allylic oxidation sites excluding steroid dienone is 1. The Hall–Kier alpha value is -1.87. The van der Waals surface area contributed by atoms with Gasteiger partial charge in [0.2, 0.25) is 0 Å². The molecule has 1 aromatic rings. The largest absolute Gasteiger partial charge is 0.387 e. The molecule has 13 unspecified atom stereocenters. The van der Waals surface area contributed by atoms with Crippen LogP contribution in [0.2, 0.25) is 0 Å². The molecule has 4 fully saturated rings. The third-order valence-corrected chi connectivity index (χ3v) is 14.6. The molecule has 7 rings (SSSR count). The molecule has 2 aliphatic heterocycles. The first-order chi connectivity index (χ1) is 22.3. The van der Waals surface area contributed by atoms with Crippen molar-refractivity contribution in [1.82, 2.24) is 5.32 Å². The normalized spacial score (nSPS) is 46.3. The minimum absolute atomic E-state index is 0.101. The molecule has 258 valence electrons. The number of hydrogen-bond donors (Lipinski definition) is 4. The van der Waals surface area contributed by atoms with Gasteiger partial charge in [-0.25, -0.2) is 0 Å². The number of benzene rings is 1. The molecule has 6 aliphatic rings. The number of nitrogens with one attached hydrogen (secondary N) is 1. The molecule has 13 atom stereocenters. The summed E-state index contributed by atoms with van der Waals surface area (Å²) in [6.45, 7) is 10.3. The fraction of sp³-hybridized carbons (Fsp3) is 0.725. The van der Waals surface area contributed by atoms with Crippen LogP contribution in [0.1, 0.15) is 90.5 Å². The van der Waals surface area contributed by atoms with E-state index >= 15 is 0 Å². The molecular formula is C40H57NO6. The van der Waals surface area contributed by atoms with Crippen LogP contribution in [0.5, 0.6) is 0 Å². The van der Waals surface area contributed by atoms with Crippen LogP contribution in [0.4, 0.5) is 0 Å². The third kappa shape index (κ3) is 5.08. The topological polar surface area (TPSA) is 108 Å². The van der Waals surface area contributed by atoms with Crippen LogP contribution in [-0.2, 0) is 14.3 Å². The van der Waals surface area contributed by atoms with Crippen LogP contribution in [0.15, 0.2) is 54.1 Å². The van der Waals surface area contributed by atoms with Crippen LogP contribution in [0.25, 0.3) is 0 Å². The lowest BCUT2D eigenvalue weighted by Gasteiger charge is -2.61. The van der Waals surface area contributed by atoms with Crippen molar-refractivity contribution in [2.75, 3.05) is 26.8 Å². The molecule has 4 aliphatic carbocycles. The van der Waals surface area contributed by atoms with Gasteiger partial charge in [-0.05, 0) is 118 Å². The predicted molar refractivity (Wildman–Crippen MR) is 182 cm³/mol. The van der Waals surface area contributed by atoms with Crippen LogP contribution >= 0.6 is 0 Å². The van der Waals surface area contributed by atoms with Crippen molar-refractivity contribution in [3.8, 4) is 0 Å². The average Bonchev–Trinajstić information content (AvgIpc) is 3.57. The second kappa shape index (κ2) is 11.9. The third-order valence-electron chi connectivity index (χ3n) is 14.6. The number of ketones is 1. The number of carbonyl (C=O) groups excluding carboxylic acids is 1. The zero-order valence-corrected chi connectivity index (χ0v) is 29.1. The summed E-state index contributed by atoms with van der Waals surface area (Å²) in [6, 6.07) is 10.5. The fourth-order valence-electron chi connectivity index (χ4n) is 11.6. The average molecular weight is 648 g/mol. The maximum Gasteiger partial charge on any atom is 0.159 e. The number of ether oxygens (including phenoxy) is 2. The Morgan fingerprint density at radius 1 is 1.06 bits per heavy atom. The van der Waals surface area contributed by atoms with E-state index in [-0.39, 0.29) is 40.8 Å². The number of hydrogen-bond acceptors (Lipinski definition) is 7. The highest BCUT2D eigenvalue weighted by Gasteiger charge is 2.70. The van der Waals surface area contributed by atoms with Crippen molar-refractivity contribution in [3.05, 3.63) is 59.7 Å². The molecule has 0 aromatic heterocycles. The van der Waals surface area contributed by atoms with Crippen molar-refractivity contribution < 1.29 is 29.6 Å². The van der Waals surface area contributed by atoms with Gasteiger partial charge in [0.05, 0.1) is 36.1 Å². The monoisotopic (exact) mass is 647 g/mol. The summed E-state index contributed by atoms with van der Waals surface area (Å²) in [7, 11) is 1.93. The molecule has 3 saturated carbocycles. The standard InChI is InChI=1S/C40H57NO6/c1-25-23-46-34(28(25)14-20-41-5)35(43)38(4,44)33-13-17-40(45)30-21-32(42)31-22-39(16-11-27(24-47-39)26-9-7-6-8-10-26)19-18-36(31,2)29(30)12-15-37(33,40)3/h6-11,16,21,25,27-29,31,33-35,41,43-45H,12-15,17-20,22-24H2,1-5H3. The number of aliphatic hydroxyl groups is 3. The minimum Gasteiger partial charge on any atom is -0.387 e. The molecule has 7 nitrogen and oxygen atoms in total. The first-order valence-corrected chi connectivity index (χ1v) is 18.3. The summed E-state index contributed by atoms with van der Waals surface area (Å²) >= 11 is 0. The molecule has 4 N–H and O–H groups in total. The lowest BCUT2D eigenvalue weighted by molar-refractivity contribution is -0.195. The van der Waals surface area contributed by atoms with Gasteiger partial charge >= 0.3 is 0 Å². The number of rotatable bonds is 7. The SMILES string of the molecule is CNCCC1C(C)COC1C(O)C(C)(O)C1CCC2(O)C3=CC(=O)C4CC5(C=CC(c6ccccc6)CO5)CCC4(C)C3CCC12C. The Balaban J connectivity index is 1.13. The van der Waals surface area contributed by atoms with Gasteiger partial charge in [-0.3, -0.25) is 4.79 Å². The Kier molecular flexibility index (Phi) is 8.50. The molecule has 1 saturated heterocycles. The predicted octanol–water partition coefficient (Wildman–Crippen LogP) is 5.34. The molecule has 7 heteroatoms. The molecule has 47 heavy (non-hydrogen) atoms. The Labute approximate surface area is 281 Å². The van der Waals surface area contributed by atoms with Crippen molar-refractivity contribution >= 4 is 5.78 Å². The maximum atomic E-state index is 14.2. The highest BCUT2D eigenvalue weighted by atomic mass is 16.5. The van der Waals surface area contributed by atoms with Crippen molar-refractivity contribution in [2.45, 2.75) is 114 Å². The quantitative estimate of drug-likeness (QED) is 0.296. The molecular weight excluding hydrogens is 590 g/mol.